The highest BCUT2D eigenvalue weighted by Gasteiger charge is 2.30. The van der Waals surface area contributed by atoms with Gasteiger partial charge in [-0.15, -0.1) is 11.8 Å². The van der Waals surface area contributed by atoms with E-state index < -0.39 is 17.8 Å². The molecule has 29 heavy (non-hydrogen) atoms. The van der Waals surface area contributed by atoms with Crippen molar-refractivity contribution in [2.24, 2.45) is 0 Å². The van der Waals surface area contributed by atoms with Crippen molar-refractivity contribution in [2.75, 3.05) is 17.2 Å². The Morgan fingerprint density at radius 1 is 1.03 bits per heavy atom. The Kier molecular flexibility index (Phi) is 5.10. The summed E-state index contributed by atoms with van der Waals surface area (Å²) in [5.74, 6) is -1.68. The van der Waals surface area contributed by atoms with Crippen LogP contribution in [0.4, 0.5) is 11.4 Å². The summed E-state index contributed by atoms with van der Waals surface area (Å²) in [5, 5.41) is 4.91. The Balaban J connectivity index is 1.34. The molecule has 2 aromatic rings. The number of ether oxygens (including phenoxy) is 1. The lowest BCUT2D eigenvalue weighted by Crippen LogP contribution is -2.31. The highest BCUT2D eigenvalue weighted by atomic mass is 32.2. The lowest BCUT2D eigenvalue weighted by molar-refractivity contribution is -0.143. The molecule has 0 radical (unpaired) electrons. The van der Waals surface area contributed by atoms with Crippen LogP contribution in [0.1, 0.15) is 35.2 Å². The molecule has 0 aliphatic carbocycles. The van der Waals surface area contributed by atoms with Gasteiger partial charge in [0.05, 0.1) is 23.3 Å². The Bertz CT molecular complexity index is 1040. The molecule has 148 valence electrons. The maximum absolute atomic E-state index is 12.4. The van der Waals surface area contributed by atoms with E-state index in [1.165, 1.54) is 11.8 Å². The van der Waals surface area contributed by atoms with E-state index in [9.17, 15) is 19.2 Å². The number of hydrogen-bond donors (Lipinski definition) is 2. The second-order valence-corrected chi connectivity index (χ2v) is 8.14. The number of Topliss-reactive ketones (excluding diaryl/α,β-unsaturated/α-hetero) is 1. The van der Waals surface area contributed by atoms with Crippen molar-refractivity contribution in [1.29, 1.82) is 0 Å². The average molecular weight is 410 g/mol. The van der Waals surface area contributed by atoms with Crippen LogP contribution in [-0.4, -0.2) is 35.4 Å². The molecule has 2 atom stereocenters. The molecule has 0 saturated carbocycles. The van der Waals surface area contributed by atoms with Crippen LogP contribution in [-0.2, 0) is 19.1 Å². The van der Waals surface area contributed by atoms with Crippen molar-refractivity contribution >= 4 is 46.7 Å². The van der Waals surface area contributed by atoms with E-state index in [2.05, 4.69) is 10.6 Å². The molecule has 0 aromatic heterocycles. The quantitative estimate of drug-likeness (QED) is 0.580. The summed E-state index contributed by atoms with van der Waals surface area (Å²) in [6.07, 6.45) is -0.127. The van der Waals surface area contributed by atoms with Gasteiger partial charge in [0.15, 0.2) is 12.4 Å². The summed E-state index contributed by atoms with van der Waals surface area (Å²) in [5.41, 5.74) is 2.54. The van der Waals surface area contributed by atoms with Gasteiger partial charge in [-0.25, -0.2) is 0 Å². The lowest BCUT2D eigenvalue weighted by Gasteiger charge is -2.23. The first kappa shape index (κ1) is 19.2. The van der Waals surface area contributed by atoms with Crippen molar-refractivity contribution in [3.05, 3.63) is 53.6 Å². The molecule has 0 spiro atoms. The second-order valence-electron chi connectivity index (χ2n) is 6.89. The summed E-state index contributed by atoms with van der Waals surface area (Å²) in [6, 6.07) is 12.3. The van der Waals surface area contributed by atoms with E-state index >= 15 is 0 Å². The third kappa shape index (κ3) is 3.88. The van der Waals surface area contributed by atoms with Gasteiger partial charge >= 0.3 is 5.97 Å². The molecule has 2 heterocycles. The number of nitrogens with one attached hydrogen (secondary N) is 2. The molecule has 0 bridgehead atoms. The molecule has 8 heteroatoms. The number of para-hydroxylation sites is 1. The van der Waals surface area contributed by atoms with E-state index in [0.717, 1.165) is 16.1 Å². The monoisotopic (exact) mass is 410 g/mol. The number of ketones is 1. The Morgan fingerprint density at radius 3 is 2.62 bits per heavy atom. The van der Waals surface area contributed by atoms with Gasteiger partial charge in [-0.1, -0.05) is 12.1 Å². The topological polar surface area (TPSA) is 102 Å². The van der Waals surface area contributed by atoms with Gasteiger partial charge in [-0.3, -0.25) is 19.2 Å². The van der Waals surface area contributed by atoms with Gasteiger partial charge in [0.1, 0.15) is 0 Å². The van der Waals surface area contributed by atoms with Gasteiger partial charge in [0.25, 0.3) is 0 Å². The van der Waals surface area contributed by atoms with Crippen LogP contribution in [0.15, 0.2) is 47.4 Å². The standard InChI is InChI=1S/C21H18N2O5S/c1-11-13-8-12(6-7-14(13)22-20(11)26)16(24)10-28-19(25)9-18-21(27)23-15-4-2-3-5-17(15)29-18/h2-8,11,18H,9-10H2,1H3,(H,22,26)(H,23,27)/t11-,18-/m1/s1. The smallest absolute Gasteiger partial charge is 0.307 e. The molecular weight excluding hydrogens is 392 g/mol. The summed E-state index contributed by atoms with van der Waals surface area (Å²) >= 11 is 1.30. The molecule has 7 nitrogen and oxygen atoms in total. The zero-order valence-corrected chi connectivity index (χ0v) is 16.4. The summed E-state index contributed by atoms with van der Waals surface area (Å²) < 4.78 is 5.10. The summed E-state index contributed by atoms with van der Waals surface area (Å²) in [6.45, 7) is 1.35. The molecular formula is C21H18N2O5S. The zero-order chi connectivity index (χ0) is 20.5. The van der Waals surface area contributed by atoms with E-state index in [1.807, 2.05) is 18.2 Å². The number of benzene rings is 2. The number of esters is 1. The maximum Gasteiger partial charge on any atom is 0.307 e. The molecule has 4 rings (SSSR count). The molecule has 2 N–H and O–H groups in total. The molecule has 2 aromatic carbocycles. The second kappa shape index (κ2) is 7.71. The van der Waals surface area contributed by atoms with Crippen LogP contribution in [0.2, 0.25) is 0 Å². The molecule has 0 saturated heterocycles. The molecule has 0 unspecified atom stereocenters. The Hall–Kier alpha value is -3.13. The van der Waals surface area contributed by atoms with Crippen molar-refractivity contribution < 1.29 is 23.9 Å². The van der Waals surface area contributed by atoms with Crippen LogP contribution < -0.4 is 10.6 Å². The van der Waals surface area contributed by atoms with Crippen molar-refractivity contribution in [3.8, 4) is 0 Å². The van der Waals surface area contributed by atoms with Crippen LogP contribution in [0.3, 0.4) is 0 Å². The third-order valence-electron chi connectivity index (χ3n) is 4.91. The largest absolute Gasteiger partial charge is 0.457 e. The first-order chi connectivity index (χ1) is 13.9. The Morgan fingerprint density at radius 2 is 1.79 bits per heavy atom. The maximum atomic E-state index is 12.4. The zero-order valence-electron chi connectivity index (χ0n) is 15.6. The first-order valence-electron chi connectivity index (χ1n) is 9.12. The van der Waals surface area contributed by atoms with Gasteiger partial charge in [0, 0.05) is 16.1 Å². The van der Waals surface area contributed by atoms with Gasteiger partial charge in [0.2, 0.25) is 11.8 Å². The highest BCUT2D eigenvalue weighted by Crippen LogP contribution is 2.36. The van der Waals surface area contributed by atoms with Crippen LogP contribution in [0.5, 0.6) is 0 Å². The molecule has 2 aliphatic rings. The third-order valence-corrected chi connectivity index (χ3v) is 6.19. The average Bonchev–Trinajstić information content (AvgIpc) is 3.00. The van der Waals surface area contributed by atoms with Gasteiger partial charge in [-0.05, 0) is 42.8 Å². The van der Waals surface area contributed by atoms with Gasteiger partial charge < -0.3 is 15.4 Å². The van der Waals surface area contributed by atoms with Crippen molar-refractivity contribution in [3.63, 3.8) is 0 Å². The molecule has 0 fully saturated rings. The number of carbonyl (C=O) groups excluding carboxylic acids is 4. The lowest BCUT2D eigenvalue weighted by atomic mass is 9.99. The Labute approximate surface area is 171 Å². The van der Waals surface area contributed by atoms with Crippen molar-refractivity contribution in [2.45, 2.75) is 29.4 Å². The first-order valence-corrected chi connectivity index (χ1v) is 10.0. The number of amides is 2. The molecule has 2 amide bonds. The number of rotatable bonds is 5. The van der Waals surface area contributed by atoms with Crippen LogP contribution in [0, 0.1) is 0 Å². The number of fused-ring (bicyclic) bond motifs is 2. The number of anilines is 2. The fourth-order valence-corrected chi connectivity index (χ4v) is 4.35. The minimum absolute atomic E-state index is 0.110. The SMILES string of the molecule is C[C@H]1C(=O)Nc2ccc(C(=O)COC(=O)C[C@H]3Sc4ccccc4NC3=O)cc21. The number of carbonyl (C=O) groups is 4. The minimum Gasteiger partial charge on any atom is -0.457 e. The normalized spacial score (nSPS) is 19.6. The highest BCUT2D eigenvalue weighted by molar-refractivity contribution is 8.01. The van der Waals surface area contributed by atoms with Crippen LogP contribution in [0.25, 0.3) is 0 Å². The van der Waals surface area contributed by atoms with E-state index in [0.29, 0.717) is 11.3 Å². The summed E-state index contributed by atoms with van der Waals surface area (Å²) in [7, 11) is 0. The fraction of sp³-hybridized carbons (Fsp3) is 0.238. The fourth-order valence-electron chi connectivity index (χ4n) is 3.26. The number of thioether (sulfide) groups is 1. The van der Waals surface area contributed by atoms with E-state index in [-0.39, 0.29) is 29.9 Å². The number of hydrogen-bond acceptors (Lipinski definition) is 6. The van der Waals surface area contributed by atoms with Crippen molar-refractivity contribution in [1.82, 2.24) is 0 Å². The minimum atomic E-state index is -0.614. The van der Waals surface area contributed by atoms with Crippen LogP contribution >= 0.6 is 11.8 Å². The predicted octanol–water partition coefficient (Wildman–Crippen LogP) is 2.97. The van der Waals surface area contributed by atoms with Gasteiger partial charge in [-0.2, -0.15) is 0 Å². The van der Waals surface area contributed by atoms with E-state index in [1.54, 1.807) is 31.2 Å². The summed E-state index contributed by atoms with van der Waals surface area (Å²) in [4.78, 5) is 49.3. The predicted molar refractivity (Wildman–Crippen MR) is 108 cm³/mol. The van der Waals surface area contributed by atoms with E-state index in [4.69, 9.17) is 4.74 Å². The molecule has 2 aliphatic heterocycles.